The zero-order valence-corrected chi connectivity index (χ0v) is 13.4. The summed E-state index contributed by atoms with van der Waals surface area (Å²) in [5, 5.41) is 0.325. The summed E-state index contributed by atoms with van der Waals surface area (Å²) in [5.41, 5.74) is 0. The Bertz CT molecular complexity index is 198. The molecule has 0 heterocycles. The molecule has 0 aromatic heterocycles. The topological polar surface area (TPSA) is 17.1 Å². The number of unbranched alkanes of at least 4 members (excludes halogenated alkanes) is 3. The minimum Gasteiger partial charge on any atom is -1.00 e. The van der Waals surface area contributed by atoms with Crippen molar-refractivity contribution in [3.8, 4) is 0 Å². The summed E-state index contributed by atoms with van der Waals surface area (Å²) in [6.07, 6.45) is 5.97. The van der Waals surface area contributed by atoms with Crippen molar-refractivity contribution in [2.24, 2.45) is 0 Å². The maximum absolute atomic E-state index is 11.2. The number of carbonyl (C=O) groups is 1. The van der Waals surface area contributed by atoms with Crippen LogP contribution in [0.15, 0.2) is 0 Å². The molecular weight excluding hydrogens is 254 g/mol. The lowest BCUT2D eigenvalue weighted by atomic mass is 10.2. The lowest BCUT2D eigenvalue weighted by Crippen LogP contribution is -3.00. The van der Waals surface area contributed by atoms with E-state index in [0.717, 1.165) is 16.8 Å². The van der Waals surface area contributed by atoms with Crippen molar-refractivity contribution < 1.29 is 21.7 Å². The Balaban J connectivity index is 0. The lowest BCUT2D eigenvalue weighted by Gasteiger charge is -2.29. The third-order valence-electron chi connectivity index (χ3n) is 2.87. The first kappa shape index (κ1) is 19.6. The van der Waals surface area contributed by atoms with Gasteiger partial charge in [-0.3, -0.25) is 4.79 Å². The average molecular weight is 282 g/mol. The molecule has 0 aliphatic rings. The second kappa shape index (κ2) is 11.4. The van der Waals surface area contributed by atoms with Crippen molar-refractivity contribution in [1.82, 2.24) is 0 Å². The van der Waals surface area contributed by atoms with Gasteiger partial charge < -0.3 is 16.9 Å². The van der Waals surface area contributed by atoms with Gasteiger partial charge in [0.2, 0.25) is 0 Å². The number of thioether (sulfide) groups is 1. The van der Waals surface area contributed by atoms with E-state index in [1.54, 1.807) is 0 Å². The van der Waals surface area contributed by atoms with Crippen molar-refractivity contribution >= 4 is 16.9 Å². The minimum atomic E-state index is 0. The van der Waals surface area contributed by atoms with Gasteiger partial charge in [-0.15, -0.1) is 0 Å². The first-order valence-electron chi connectivity index (χ1n) is 6.49. The first-order valence-corrected chi connectivity index (χ1v) is 7.48. The lowest BCUT2D eigenvalue weighted by molar-refractivity contribution is -0.888. The Morgan fingerprint density at radius 1 is 1.06 bits per heavy atom. The van der Waals surface area contributed by atoms with Gasteiger partial charge >= 0.3 is 0 Å². The van der Waals surface area contributed by atoms with Gasteiger partial charge in [0, 0.05) is 6.42 Å². The molecule has 0 saturated carbocycles. The van der Waals surface area contributed by atoms with E-state index in [2.05, 4.69) is 21.0 Å². The van der Waals surface area contributed by atoms with Crippen LogP contribution in [0.1, 0.15) is 46.0 Å². The first-order chi connectivity index (χ1) is 7.52. The van der Waals surface area contributed by atoms with Gasteiger partial charge in [0.1, 0.15) is 0 Å². The van der Waals surface area contributed by atoms with Crippen LogP contribution in [0.25, 0.3) is 0 Å². The van der Waals surface area contributed by atoms with Crippen LogP contribution in [0.4, 0.5) is 0 Å². The number of nitrogens with zero attached hydrogens (tertiary/aromatic N) is 1. The van der Waals surface area contributed by atoms with Crippen molar-refractivity contribution in [2.45, 2.75) is 46.0 Å². The zero-order chi connectivity index (χ0) is 12.4. The van der Waals surface area contributed by atoms with Crippen molar-refractivity contribution in [1.29, 1.82) is 0 Å². The Hall–Kier alpha value is 0.270. The van der Waals surface area contributed by atoms with Gasteiger partial charge in [-0.25, -0.2) is 0 Å². The number of quaternary nitrogens is 1. The SMILES string of the molecule is CCCCCC[N+](C)(C)CCSC(=O)CC.[Cl-]. The molecule has 17 heavy (non-hydrogen) atoms. The summed E-state index contributed by atoms with van der Waals surface area (Å²) in [4.78, 5) is 11.2. The normalized spacial score (nSPS) is 11.1. The number of hydrogen-bond acceptors (Lipinski definition) is 2. The fourth-order valence-electron chi connectivity index (χ4n) is 1.59. The van der Waals surface area contributed by atoms with E-state index in [9.17, 15) is 4.79 Å². The monoisotopic (exact) mass is 281 g/mol. The van der Waals surface area contributed by atoms with E-state index >= 15 is 0 Å². The van der Waals surface area contributed by atoms with Gasteiger partial charge in [-0.05, 0) is 12.8 Å². The second-order valence-electron chi connectivity index (χ2n) is 5.02. The minimum absolute atomic E-state index is 0. The molecule has 0 aromatic carbocycles. The fourth-order valence-corrected chi connectivity index (χ4v) is 2.60. The van der Waals surface area contributed by atoms with Crippen LogP contribution in [-0.2, 0) is 4.79 Å². The molecule has 4 heteroatoms. The molecule has 104 valence electrons. The fraction of sp³-hybridized carbons (Fsp3) is 0.923. The van der Waals surface area contributed by atoms with Crippen LogP contribution >= 0.6 is 11.8 Å². The molecule has 0 fully saturated rings. The van der Waals surface area contributed by atoms with E-state index < -0.39 is 0 Å². The number of halogens is 1. The van der Waals surface area contributed by atoms with Crippen LogP contribution in [0.3, 0.4) is 0 Å². The summed E-state index contributed by atoms with van der Waals surface area (Å²) >= 11 is 1.49. The highest BCUT2D eigenvalue weighted by atomic mass is 35.5. The predicted octanol–water partition coefficient (Wildman–Crippen LogP) is 0.317. The van der Waals surface area contributed by atoms with E-state index in [-0.39, 0.29) is 12.4 Å². The molecule has 0 aliphatic heterocycles. The third kappa shape index (κ3) is 12.5. The molecule has 0 unspecified atom stereocenters. The molecule has 0 radical (unpaired) electrons. The number of rotatable bonds is 9. The van der Waals surface area contributed by atoms with Gasteiger partial charge in [-0.2, -0.15) is 0 Å². The quantitative estimate of drug-likeness (QED) is 0.447. The maximum Gasteiger partial charge on any atom is 0.188 e. The zero-order valence-electron chi connectivity index (χ0n) is 11.8. The molecule has 2 nitrogen and oxygen atoms in total. The highest BCUT2D eigenvalue weighted by Gasteiger charge is 2.14. The van der Waals surface area contributed by atoms with Crippen LogP contribution < -0.4 is 12.4 Å². The Morgan fingerprint density at radius 3 is 2.24 bits per heavy atom. The van der Waals surface area contributed by atoms with Crippen LogP contribution in [0.5, 0.6) is 0 Å². The standard InChI is InChI=1S/C13H28NOS.ClH/c1-5-7-8-9-10-14(3,4)11-12-16-13(15)6-2;/h5-12H2,1-4H3;1H/q+1;/p-1. The van der Waals surface area contributed by atoms with Gasteiger partial charge in [-0.1, -0.05) is 38.5 Å². The smallest absolute Gasteiger partial charge is 0.188 e. The molecule has 0 aromatic rings. The highest BCUT2D eigenvalue weighted by Crippen LogP contribution is 2.10. The third-order valence-corrected chi connectivity index (χ3v) is 3.86. The molecule has 0 rings (SSSR count). The van der Waals surface area contributed by atoms with E-state index in [0.29, 0.717) is 11.5 Å². The molecular formula is C13H28ClNOS. The van der Waals surface area contributed by atoms with Crippen molar-refractivity contribution in [3.63, 3.8) is 0 Å². The molecule has 0 bridgehead atoms. The maximum atomic E-state index is 11.2. The molecule has 0 N–H and O–H groups in total. The molecule has 0 amide bonds. The largest absolute Gasteiger partial charge is 1.00 e. The van der Waals surface area contributed by atoms with Crippen LogP contribution in [0.2, 0.25) is 0 Å². The summed E-state index contributed by atoms with van der Waals surface area (Å²) < 4.78 is 1.05. The van der Waals surface area contributed by atoms with Crippen molar-refractivity contribution in [3.05, 3.63) is 0 Å². The molecule has 0 aliphatic carbocycles. The second-order valence-corrected chi connectivity index (χ2v) is 6.17. The highest BCUT2D eigenvalue weighted by molar-refractivity contribution is 8.13. The van der Waals surface area contributed by atoms with Gasteiger partial charge in [0.05, 0.1) is 32.9 Å². The predicted molar refractivity (Wildman–Crippen MR) is 73.7 cm³/mol. The van der Waals surface area contributed by atoms with Crippen LogP contribution in [0, 0.1) is 0 Å². The van der Waals surface area contributed by atoms with Gasteiger partial charge in [0.25, 0.3) is 0 Å². The Morgan fingerprint density at radius 2 is 1.71 bits per heavy atom. The Kier molecular flexibility index (Phi) is 13.1. The summed E-state index contributed by atoms with van der Waals surface area (Å²) in [5.74, 6) is 0.966. The van der Waals surface area contributed by atoms with E-state index in [4.69, 9.17) is 0 Å². The van der Waals surface area contributed by atoms with Gasteiger partial charge in [0.15, 0.2) is 5.12 Å². The summed E-state index contributed by atoms with van der Waals surface area (Å²) in [6.45, 7) is 6.51. The summed E-state index contributed by atoms with van der Waals surface area (Å²) in [6, 6.07) is 0. The Labute approximate surface area is 118 Å². The van der Waals surface area contributed by atoms with Crippen molar-refractivity contribution in [2.75, 3.05) is 32.9 Å². The number of hydrogen-bond donors (Lipinski definition) is 0. The van der Waals surface area contributed by atoms with E-state index in [1.807, 2.05) is 6.92 Å². The molecule has 0 atom stereocenters. The average Bonchev–Trinajstić information content (AvgIpc) is 2.24. The summed E-state index contributed by atoms with van der Waals surface area (Å²) in [7, 11) is 4.53. The number of carbonyl (C=O) groups excluding carboxylic acids is 1. The molecule has 0 saturated heterocycles. The van der Waals surface area contributed by atoms with E-state index in [1.165, 1.54) is 44.0 Å². The van der Waals surface area contributed by atoms with Crippen LogP contribution in [-0.4, -0.2) is 42.5 Å². The molecule has 0 spiro atoms.